The number of rotatable bonds is 4. The fraction of sp³-hybridized carbons (Fsp3) is 0.286. The average molecular weight is 293 g/mol. The van der Waals surface area contributed by atoms with Gasteiger partial charge in [-0.05, 0) is 32.0 Å². The third-order valence-corrected chi connectivity index (χ3v) is 2.88. The lowest BCUT2D eigenvalue weighted by atomic mass is 10.1. The van der Waals surface area contributed by atoms with Gasteiger partial charge in [0.25, 0.3) is 0 Å². The van der Waals surface area contributed by atoms with Crippen molar-refractivity contribution in [2.45, 2.75) is 19.9 Å². The maximum atomic E-state index is 13.3. The monoisotopic (exact) mass is 293 g/mol. The summed E-state index contributed by atoms with van der Waals surface area (Å²) < 4.78 is 23.3. The molecular formula is C14H16FN3O3. The van der Waals surface area contributed by atoms with Crippen LogP contribution in [0, 0.1) is 12.7 Å². The molecule has 1 heterocycles. The van der Waals surface area contributed by atoms with E-state index in [0.29, 0.717) is 22.9 Å². The molecule has 7 heteroatoms. The molecule has 1 aromatic heterocycles. The van der Waals surface area contributed by atoms with Gasteiger partial charge in [-0.3, -0.25) is 5.32 Å². The van der Waals surface area contributed by atoms with Gasteiger partial charge in [0.15, 0.2) is 5.82 Å². The third-order valence-electron chi connectivity index (χ3n) is 2.88. The zero-order valence-electron chi connectivity index (χ0n) is 11.9. The van der Waals surface area contributed by atoms with E-state index in [0.717, 1.165) is 0 Å². The molecule has 0 aliphatic carbocycles. The minimum Gasteiger partial charge on any atom is -0.496 e. The Labute approximate surface area is 121 Å². The Morgan fingerprint density at radius 1 is 1.43 bits per heavy atom. The topological polar surface area (TPSA) is 76.4 Å². The quantitative estimate of drug-likeness (QED) is 0.908. The number of carbonyl (C=O) groups excluding carboxylic acids is 1. The van der Waals surface area contributed by atoms with Crippen molar-refractivity contribution >= 4 is 11.8 Å². The van der Waals surface area contributed by atoms with Crippen molar-refractivity contribution in [2.75, 3.05) is 12.4 Å². The second kappa shape index (κ2) is 6.25. The average Bonchev–Trinajstić information content (AvgIpc) is 2.83. The Hall–Kier alpha value is -2.57. The van der Waals surface area contributed by atoms with E-state index in [1.165, 1.54) is 25.3 Å². The van der Waals surface area contributed by atoms with Gasteiger partial charge in [0.05, 0.1) is 13.2 Å². The molecule has 2 aromatic rings. The number of amides is 2. The van der Waals surface area contributed by atoms with E-state index >= 15 is 0 Å². The predicted octanol–water partition coefficient (Wildman–Crippen LogP) is 3.01. The standard InChI is InChI=1S/C14H16FN3O3/c1-8-6-13(18-21-8)17-14(19)16-9(2)11-7-10(15)4-5-12(11)20-3/h4-7,9H,1-3H3,(H2,16,17,18,19). The van der Waals surface area contributed by atoms with Crippen molar-refractivity contribution < 1.29 is 18.4 Å². The minimum absolute atomic E-state index is 0.309. The van der Waals surface area contributed by atoms with Crippen LogP contribution in [-0.2, 0) is 0 Å². The first kappa shape index (κ1) is 14.8. The molecule has 0 saturated carbocycles. The van der Waals surface area contributed by atoms with Gasteiger partial charge >= 0.3 is 6.03 Å². The van der Waals surface area contributed by atoms with Crippen LogP contribution < -0.4 is 15.4 Å². The molecule has 0 saturated heterocycles. The molecule has 1 atom stereocenters. The van der Waals surface area contributed by atoms with E-state index in [1.807, 2.05) is 0 Å². The van der Waals surface area contributed by atoms with Crippen molar-refractivity contribution in [3.8, 4) is 5.75 Å². The van der Waals surface area contributed by atoms with Gasteiger partial charge < -0.3 is 14.6 Å². The number of carbonyl (C=O) groups is 1. The number of anilines is 1. The van der Waals surface area contributed by atoms with Crippen LogP contribution >= 0.6 is 0 Å². The number of aromatic nitrogens is 1. The second-order valence-corrected chi connectivity index (χ2v) is 4.53. The largest absolute Gasteiger partial charge is 0.496 e. The molecule has 0 radical (unpaired) electrons. The smallest absolute Gasteiger partial charge is 0.320 e. The van der Waals surface area contributed by atoms with E-state index in [4.69, 9.17) is 9.26 Å². The summed E-state index contributed by atoms with van der Waals surface area (Å²) in [7, 11) is 1.49. The summed E-state index contributed by atoms with van der Waals surface area (Å²) in [5.41, 5.74) is 0.545. The van der Waals surface area contributed by atoms with Crippen LogP contribution in [0.2, 0.25) is 0 Å². The van der Waals surface area contributed by atoms with Crippen LogP contribution in [0.5, 0.6) is 5.75 Å². The molecule has 21 heavy (non-hydrogen) atoms. The molecule has 112 valence electrons. The molecule has 1 unspecified atom stereocenters. The molecule has 0 aliphatic rings. The van der Waals surface area contributed by atoms with E-state index < -0.39 is 17.9 Å². The fourth-order valence-electron chi connectivity index (χ4n) is 1.90. The number of nitrogens with zero attached hydrogens (tertiary/aromatic N) is 1. The van der Waals surface area contributed by atoms with Crippen molar-refractivity contribution in [3.63, 3.8) is 0 Å². The Kier molecular flexibility index (Phi) is 4.42. The van der Waals surface area contributed by atoms with E-state index in [-0.39, 0.29) is 0 Å². The van der Waals surface area contributed by atoms with E-state index in [1.54, 1.807) is 19.9 Å². The Bertz CT molecular complexity index is 642. The summed E-state index contributed by atoms with van der Waals surface area (Å²) in [6, 6.07) is 4.82. The van der Waals surface area contributed by atoms with Gasteiger partial charge in [0.1, 0.15) is 17.3 Å². The first-order valence-electron chi connectivity index (χ1n) is 6.34. The van der Waals surface area contributed by atoms with Crippen LogP contribution in [0.15, 0.2) is 28.8 Å². The number of hydrogen-bond donors (Lipinski definition) is 2. The molecule has 2 N–H and O–H groups in total. The maximum Gasteiger partial charge on any atom is 0.320 e. The number of aryl methyl sites for hydroxylation is 1. The molecule has 0 spiro atoms. The molecule has 0 fully saturated rings. The van der Waals surface area contributed by atoms with Gasteiger partial charge in [-0.15, -0.1) is 0 Å². The van der Waals surface area contributed by atoms with Crippen molar-refractivity contribution in [3.05, 3.63) is 41.4 Å². The van der Waals surface area contributed by atoms with Crippen molar-refractivity contribution in [1.29, 1.82) is 0 Å². The first-order chi connectivity index (χ1) is 9.99. The first-order valence-corrected chi connectivity index (χ1v) is 6.34. The highest BCUT2D eigenvalue weighted by Crippen LogP contribution is 2.25. The van der Waals surface area contributed by atoms with Gasteiger partial charge in [-0.2, -0.15) is 0 Å². The lowest BCUT2D eigenvalue weighted by Gasteiger charge is -2.17. The predicted molar refractivity (Wildman–Crippen MR) is 74.8 cm³/mol. The summed E-state index contributed by atoms with van der Waals surface area (Å²) in [5, 5.41) is 8.86. The Morgan fingerprint density at radius 2 is 2.19 bits per heavy atom. The summed E-state index contributed by atoms with van der Waals surface area (Å²) in [6.45, 7) is 3.45. The number of methoxy groups -OCH3 is 1. The number of halogens is 1. The zero-order valence-corrected chi connectivity index (χ0v) is 11.9. The Morgan fingerprint density at radius 3 is 2.81 bits per heavy atom. The summed E-state index contributed by atoms with van der Waals surface area (Å²) >= 11 is 0. The molecule has 0 bridgehead atoms. The lowest BCUT2D eigenvalue weighted by Crippen LogP contribution is -2.31. The summed E-state index contributed by atoms with van der Waals surface area (Å²) in [5.74, 6) is 1.00. The summed E-state index contributed by atoms with van der Waals surface area (Å²) in [6.07, 6.45) is 0. The van der Waals surface area contributed by atoms with Crippen LogP contribution in [0.3, 0.4) is 0 Å². The minimum atomic E-state index is -0.470. The van der Waals surface area contributed by atoms with Gasteiger partial charge in [0, 0.05) is 11.6 Å². The van der Waals surface area contributed by atoms with Crippen LogP contribution in [0.1, 0.15) is 24.3 Å². The molecule has 6 nitrogen and oxygen atoms in total. The van der Waals surface area contributed by atoms with E-state index in [2.05, 4.69) is 15.8 Å². The number of urea groups is 1. The van der Waals surface area contributed by atoms with Crippen molar-refractivity contribution in [2.24, 2.45) is 0 Å². The van der Waals surface area contributed by atoms with Gasteiger partial charge in [-0.25, -0.2) is 9.18 Å². The fourth-order valence-corrected chi connectivity index (χ4v) is 1.90. The highest BCUT2D eigenvalue weighted by Gasteiger charge is 2.15. The number of nitrogens with one attached hydrogen (secondary N) is 2. The third kappa shape index (κ3) is 3.71. The SMILES string of the molecule is COc1ccc(F)cc1C(C)NC(=O)Nc1cc(C)on1. The van der Waals surface area contributed by atoms with Gasteiger partial charge in [0.2, 0.25) is 0 Å². The van der Waals surface area contributed by atoms with Gasteiger partial charge in [-0.1, -0.05) is 5.16 Å². The van der Waals surface area contributed by atoms with Crippen LogP contribution in [-0.4, -0.2) is 18.3 Å². The van der Waals surface area contributed by atoms with E-state index in [9.17, 15) is 9.18 Å². The number of hydrogen-bond acceptors (Lipinski definition) is 4. The number of ether oxygens (including phenoxy) is 1. The highest BCUT2D eigenvalue weighted by atomic mass is 19.1. The molecule has 2 rings (SSSR count). The lowest BCUT2D eigenvalue weighted by molar-refractivity contribution is 0.249. The molecule has 2 amide bonds. The molecule has 0 aliphatic heterocycles. The zero-order chi connectivity index (χ0) is 15.4. The van der Waals surface area contributed by atoms with Crippen LogP contribution in [0.25, 0.3) is 0 Å². The number of benzene rings is 1. The molecular weight excluding hydrogens is 277 g/mol. The second-order valence-electron chi connectivity index (χ2n) is 4.53. The van der Waals surface area contributed by atoms with Crippen LogP contribution in [0.4, 0.5) is 15.0 Å². The highest BCUT2D eigenvalue weighted by molar-refractivity contribution is 5.88. The summed E-state index contributed by atoms with van der Waals surface area (Å²) in [4.78, 5) is 11.9. The van der Waals surface area contributed by atoms with Crippen molar-refractivity contribution in [1.82, 2.24) is 10.5 Å². The maximum absolute atomic E-state index is 13.3. The normalized spacial score (nSPS) is 11.8. The molecule has 1 aromatic carbocycles. The Balaban J connectivity index is 2.05.